The SMILES string of the molecule is C=C(/C=C1\C=CN(CCCN)c2ccccc21)Sc1ccccc1C. The van der Waals surface area contributed by atoms with Crippen LogP contribution in [-0.4, -0.2) is 13.1 Å². The molecule has 0 aliphatic carbocycles. The number of nitrogens with zero attached hydrogens (tertiary/aromatic N) is 1. The largest absolute Gasteiger partial charge is 0.347 e. The molecule has 0 bridgehead atoms. The number of anilines is 1. The van der Waals surface area contributed by atoms with Crippen LogP contribution in [0.1, 0.15) is 17.5 Å². The smallest absolute Gasteiger partial charge is 0.0485 e. The minimum atomic E-state index is 0.707. The third kappa shape index (κ3) is 4.25. The average Bonchev–Trinajstić information content (AvgIpc) is 2.63. The molecule has 25 heavy (non-hydrogen) atoms. The van der Waals surface area contributed by atoms with Gasteiger partial charge in [0.2, 0.25) is 0 Å². The van der Waals surface area contributed by atoms with E-state index in [1.54, 1.807) is 11.8 Å². The molecular weight excluding hydrogens is 324 g/mol. The second-order valence-electron chi connectivity index (χ2n) is 6.10. The van der Waals surface area contributed by atoms with Crippen molar-refractivity contribution in [2.75, 3.05) is 18.0 Å². The van der Waals surface area contributed by atoms with E-state index in [0.717, 1.165) is 17.9 Å². The number of nitrogens with two attached hydrogens (primary N) is 1. The first-order valence-corrected chi connectivity index (χ1v) is 9.39. The summed E-state index contributed by atoms with van der Waals surface area (Å²) >= 11 is 1.72. The molecule has 1 aliphatic heterocycles. The van der Waals surface area contributed by atoms with Gasteiger partial charge in [0.1, 0.15) is 0 Å². The summed E-state index contributed by atoms with van der Waals surface area (Å²) in [6, 6.07) is 16.9. The highest BCUT2D eigenvalue weighted by Gasteiger charge is 2.15. The predicted molar refractivity (Wildman–Crippen MR) is 111 cm³/mol. The molecule has 0 unspecified atom stereocenters. The van der Waals surface area contributed by atoms with Gasteiger partial charge in [-0.05, 0) is 55.3 Å². The van der Waals surface area contributed by atoms with Gasteiger partial charge < -0.3 is 10.6 Å². The van der Waals surface area contributed by atoms with Gasteiger partial charge in [-0.25, -0.2) is 0 Å². The fourth-order valence-corrected chi connectivity index (χ4v) is 3.75. The summed E-state index contributed by atoms with van der Waals surface area (Å²) in [6.45, 7) is 8.03. The molecule has 0 atom stereocenters. The van der Waals surface area contributed by atoms with Crippen molar-refractivity contribution in [3.8, 4) is 0 Å². The summed E-state index contributed by atoms with van der Waals surface area (Å²) < 4.78 is 0. The highest BCUT2D eigenvalue weighted by molar-refractivity contribution is 8.03. The van der Waals surface area contributed by atoms with Crippen LogP contribution in [0.5, 0.6) is 0 Å². The van der Waals surface area contributed by atoms with E-state index in [1.807, 2.05) is 0 Å². The maximum Gasteiger partial charge on any atom is 0.0485 e. The summed E-state index contributed by atoms with van der Waals surface area (Å²) in [6.07, 6.45) is 7.47. The standard InChI is InChI=1S/C22H24N2S/c1-17-8-3-6-11-22(17)25-18(2)16-19-12-15-24(14-7-13-23)21-10-5-4-9-20(19)21/h3-6,8-12,15-16H,2,7,13-14,23H2,1H3/b19-16+. The minimum Gasteiger partial charge on any atom is -0.347 e. The zero-order chi connectivity index (χ0) is 17.6. The van der Waals surface area contributed by atoms with E-state index in [2.05, 4.69) is 85.3 Å². The van der Waals surface area contributed by atoms with Crippen molar-refractivity contribution in [3.05, 3.63) is 89.5 Å². The van der Waals surface area contributed by atoms with Crippen LogP contribution >= 0.6 is 11.8 Å². The number of para-hydroxylation sites is 1. The Kier molecular flexibility index (Phi) is 5.79. The summed E-state index contributed by atoms with van der Waals surface area (Å²) in [4.78, 5) is 4.57. The minimum absolute atomic E-state index is 0.707. The Bertz CT molecular complexity index is 820. The van der Waals surface area contributed by atoms with E-state index in [-0.39, 0.29) is 0 Å². The van der Waals surface area contributed by atoms with E-state index in [9.17, 15) is 0 Å². The Morgan fingerprint density at radius 3 is 2.72 bits per heavy atom. The first kappa shape index (κ1) is 17.6. The second-order valence-corrected chi connectivity index (χ2v) is 7.27. The molecule has 2 N–H and O–H groups in total. The monoisotopic (exact) mass is 348 g/mol. The number of allylic oxidation sites excluding steroid dienone is 3. The molecule has 2 nitrogen and oxygen atoms in total. The third-order valence-corrected chi connectivity index (χ3v) is 5.27. The normalized spacial score (nSPS) is 14.6. The van der Waals surface area contributed by atoms with Gasteiger partial charge in [0.25, 0.3) is 0 Å². The van der Waals surface area contributed by atoms with E-state index < -0.39 is 0 Å². The van der Waals surface area contributed by atoms with Crippen LogP contribution in [0.2, 0.25) is 0 Å². The van der Waals surface area contributed by atoms with Crippen LogP contribution < -0.4 is 10.6 Å². The third-order valence-electron chi connectivity index (χ3n) is 4.21. The Morgan fingerprint density at radius 1 is 1.16 bits per heavy atom. The van der Waals surface area contributed by atoms with Crippen LogP contribution in [-0.2, 0) is 0 Å². The number of hydrogen-bond acceptors (Lipinski definition) is 3. The first-order chi connectivity index (χ1) is 12.2. The van der Waals surface area contributed by atoms with Crippen molar-refractivity contribution in [2.24, 2.45) is 5.73 Å². The van der Waals surface area contributed by atoms with Crippen molar-refractivity contribution < 1.29 is 0 Å². The van der Waals surface area contributed by atoms with Gasteiger partial charge in [0.15, 0.2) is 0 Å². The highest BCUT2D eigenvalue weighted by Crippen LogP contribution is 2.36. The molecule has 1 heterocycles. The molecule has 2 aromatic rings. The molecule has 0 aromatic heterocycles. The van der Waals surface area contributed by atoms with E-state index >= 15 is 0 Å². The number of hydrogen-bond donors (Lipinski definition) is 1. The van der Waals surface area contributed by atoms with Gasteiger partial charge in [-0.1, -0.05) is 54.7 Å². The average molecular weight is 349 g/mol. The van der Waals surface area contributed by atoms with Crippen molar-refractivity contribution in [2.45, 2.75) is 18.2 Å². The van der Waals surface area contributed by atoms with Crippen molar-refractivity contribution in [1.82, 2.24) is 0 Å². The Balaban J connectivity index is 1.84. The summed E-state index contributed by atoms with van der Waals surface area (Å²) in [5.41, 5.74) is 10.6. The summed E-state index contributed by atoms with van der Waals surface area (Å²) in [7, 11) is 0. The number of aryl methyl sites for hydroxylation is 1. The lowest BCUT2D eigenvalue weighted by Crippen LogP contribution is -2.23. The molecular formula is C22H24N2S. The predicted octanol–water partition coefficient (Wildman–Crippen LogP) is 5.37. The fraction of sp³-hybridized carbons (Fsp3) is 0.182. The quantitative estimate of drug-likeness (QED) is 0.712. The molecule has 3 heteroatoms. The van der Waals surface area contributed by atoms with Crippen molar-refractivity contribution in [3.63, 3.8) is 0 Å². The second kappa shape index (κ2) is 8.24. The number of benzene rings is 2. The van der Waals surface area contributed by atoms with Gasteiger partial charge in [0, 0.05) is 33.8 Å². The van der Waals surface area contributed by atoms with E-state index in [0.29, 0.717) is 6.54 Å². The van der Waals surface area contributed by atoms with Crippen LogP contribution in [0.4, 0.5) is 5.69 Å². The topological polar surface area (TPSA) is 29.3 Å². The summed E-state index contributed by atoms with van der Waals surface area (Å²) in [5.74, 6) is 0. The van der Waals surface area contributed by atoms with Crippen LogP contribution in [0.15, 0.2) is 83.3 Å². The molecule has 0 fully saturated rings. The molecule has 0 spiro atoms. The number of rotatable bonds is 6. The van der Waals surface area contributed by atoms with E-state index in [4.69, 9.17) is 5.73 Å². The highest BCUT2D eigenvalue weighted by atomic mass is 32.2. The number of thioether (sulfide) groups is 1. The zero-order valence-electron chi connectivity index (χ0n) is 14.6. The molecule has 0 amide bonds. The Hall–Kier alpha value is -2.23. The van der Waals surface area contributed by atoms with E-state index in [1.165, 1.54) is 27.3 Å². The van der Waals surface area contributed by atoms with Gasteiger partial charge in [-0.2, -0.15) is 0 Å². The molecule has 128 valence electrons. The number of fused-ring (bicyclic) bond motifs is 1. The molecule has 0 radical (unpaired) electrons. The fourth-order valence-electron chi connectivity index (χ4n) is 2.91. The van der Waals surface area contributed by atoms with Gasteiger partial charge in [0.05, 0.1) is 0 Å². The van der Waals surface area contributed by atoms with Gasteiger partial charge >= 0.3 is 0 Å². The van der Waals surface area contributed by atoms with Crippen molar-refractivity contribution in [1.29, 1.82) is 0 Å². The summed E-state index contributed by atoms with van der Waals surface area (Å²) in [5, 5.41) is 0. The first-order valence-electron chi connectivity index (χ1n) is 8.57. The van der Waals surface area contributed by atoms with Crippen LogP contribution in [0.25, 0.3) is 5.57 Å². The van der Waals surface area contributed by atoms with Crippen LogP contribution in [0, 0.1) is 6.92 Å². The maximum atomic E-state index is 5.67. The van der Waals surface area contributed by atoms with Gasteiger partial charge in [-0.15, -0.1) is 0 Å². The maximum absolute atomic E-state index is 5.67. The lowest BCUT2D eigenvalue weighted by atomic mass is 9.99. The molecule has 2 aromatic carbocycles. The van der Waals surface area contributed by atoms with Crippen molar-refractivity contribution >= 4 is 23.0 Å². The molecule has 1 aliphatic rings. The van der Waals surface area contributed by atoms with Crippen LogP contribution in [0.3, 0.4) is 0 Å². The Labute approximate surface area is 154 Å². The molecule has 3 rings (SSSR count). The zero-order valence-corrected chi connectivity index (χ0v) is 15.4. The Morgan fingerprint density at radius 2 is 1.92 bits per heavy atom. The van der Waals surface area contributed by atoms with Gasteiger partial charge in [-0.3, -0.25) is 0 Å². The molecule has 0 saturated carbocycles. The molecule has 0 saturated heterocycles. The lowest BCUT2D eigenvalue weighted by molar-refractivity contribution is 0.812. The lowest BCUT2D eigenvalue weighted by Gasteiger charge is -2.27.